The summed E-state index contributed by atoms with van der Waals surface area (Å²) in [5.74, 6) is 0. The topological polar surface area (TPSA) is 24.9 Å². The van der Waals surface area contributed by atoms with Crippen LogP contribution in [0.3, 0.4) is 0 Å². The first-order valence-corrected chi connectivity index (χ1v) is 6.94. The molecule has 2 nitrogen and oxygen atoms in total. The SMILES string of the molecule is Cc1ccccc1-c1csc(CNC2CC2)n1. The Morgan fingerprint density at radius 3 is 2.94 bits per heavy atom. The Balaban J connectivity index is 1.77. The van der Waals surface area contributed by atoms with Crippen molar-refractivity contribution in [2.45, 2.75) is 32.4 Å². The quantitative estimate of drug-likeness (QED) is 0.892. The first kappa shape index (κ1) is 10.9. The summed E-state index contributed by atoms with van der Waals surface area (Å²) in [6, 6.07) is 9.17. The first-order valence-electron chi connectivity index (χ1n) is 6.07. The second-order valence-corrected chi connectivity index (χ2v) is 5.54. The van der Waals surface area contributed by atoms with Crippen LogP contribution in [-0.4, -0.2) is 11.0 Å². The monoisotopic (exact) mass is 244 g/mol. The lowest BCUT2D eigenvalue weighted by Crippen LogP contribution is -2.14. The molecule has 0 unspecified atom stereocenters. The molecule has 1 saturated carbocycles. The molecule has 0 bridgehead atoms. The van der Waals surface area contributed by atoms with Crippen molar-refractivity contribution in [3.63, 3.8) is 0 Å². The van der Waals surface area contributed by atoms with Crippen LogP contribution in [0.4, 0.5) is 0 Å². The normalized spacial score (nSPS) is 15.1. The minimum atomic E-state index is 0.751. The second-order valence-electron chi connectivity index (χ2n) is 4.60. The Morgan fingerprint density at radius 1 is 1.35 bits per heavy atom. The molecule has 3 heteroatoms. The number of rotatable bonds is 4. The van der Waals surface area contributed by atoms with E-state index in [2.05, 4.69) is 41.9 Å². The zero-order valence-electron chi connectivity index (χ0n) is 9.94. The van der Waals surface area contributed by atoms with Gasteiger partial charge in [0.2, 0.25) is 0 Å². The average Bonchev–Trinajstić information content (AvgIpc) is 3.06. The van der Waals surface area contributed by atoms with E-state index >= 15 is 0 Å². The molecule has 0 spiro atoms. The third-order valence-corrected chi connectivity index (χ3v) is 3.94. The smallest absolute Gasteiger partial charge is 0.107 e. The van der Waals surface area contributed by atoms with Gasteiger partial charge >= 0.3 is 0 Å². The highest BCUT2D eigenvalue weighted by molar-refractivity contribution is 7.09. The van der Waals surface area contributed by atoms with Crippen molar-refractivity contribution >= 4 is 11.3 Å². The fraction of sp³-hybridized carbons (Fsp3) is 0.357. The number of nitrogens with zero attached hydrogens (tertiary/aromatic N) is 1. The van der Waals surface area contributed by atoms with Crippen LogP contribution in [0.1, 0.15) is 23.4 Å². The molecule has 0 saturated heterocycles. The lowest BCUT2D eigenvalue weighted by Gasteiger charge is -2.01. The average molecular weight is 244 g/mol. The van der Waals surface area contributed by atoms with E-state index in [-0.39, 0.29) is 0 Å². The van der Waals surface area contributed by atoms with Gasteiger partial charge in [-0.15, -0.1) is 11.3 Å². The van der Waals surface area contributed by atoms with E-state index in [0.29, 0.717) is 0 Å². The van der Waals surface area contributed by atoms with Crippen LogP contribution in [0.5, 0.6) is 0 Å². The molecule has 0 amide bonds. The number of nitrogens with one attached hydrogen (secondary N) is 1. The molecule has 0 atom stereocenters. The van der Waals surface area contributed by atoms with Crippen LogP contribution in [0, 0.1) is 6.92 Å². The molecule has 88 valence electrons. The summed E-state index contributed by atoms with van der Waals surface area (Å²) >= 11 is 1.75. The molecule has 1 N–H and O–H groups in total. The zero-order chi connectivity index (χ0) is 11.7. The van der Waals surface area contributed by atoms with Crippen LogP contribution in [-0.2, 0) is 6.54 Å². The summed E-state index contributed by atoms with van der Waals surface area (Å²) in [5.41, 5.74) is 3.65. The Kier molecular flexibility index (Phi) is 2.95. The van der Waals surface area contributed by atoms with E-state index in [1.54, 1.807) is 11.3 Å². The summed E-state index contributed by atoms with van der Waals surface area (Å²) in [5, 5.41) is 6.85. The zero-order valence-corrected chi connectivity index (χ0v) is 10.8. The molecule has 17 heavy (non-hydrogen) atoms. The molecule has 1 aliphatic carbocycles. The Morgan fingerprint density at radius 2 is 2.18 bits per heavy atom. The van der Waals surface area contributed by atoms with E-state index in [9.17, 15) is 0 Å². The van der Waals surface area contributed by atoms with Crippen molar-refractivity contribution in [3.05, 3.63) is 40.2 Å². The molecule has 1 aromatic heterocycles. The van der Waals surface area contributed by atoms with E-state index in [0.717, 1.165) is 18.3 Å². The molecule has 2 aromatic rings. The van der Waals surface area contributed by atoms with Crippen LogP contribution in [0.2, 0.25) is 0 Å². The maximum Gasteiger partial charge on any atom is 0.107 e. The maximum atomic E-state index is 4.70. The summed E-state index contributed by atoms with van der Waals surface area (Å²) in [6.45, 7) is 3.05. The van der Waals surface area contributed by atoms with E-state index in [1.165, 1.54) is 29.0 Å². The lowest BCUT2D eigenvalue weighted by molar-refractivity contribution is 0.685. The van der Waals surface area contributed by atoms with Gasteiger partial charge < -0.3 is 5.32 Å². The highest BCUT2D eigenvalue weighted by Gasteiger charge is 2.20. The minimum absolute atomic E-state index is 0.751. The van der Waals surface area contributed by atoms with Gasteiger partial charge in [-0.2, -0.15) is 0 Å². The van der Waals surface area contributed by atoms with Crippen molar-refractivity contribution in [2.75, 3.05) is 0 Å². The summed E-state index contributed by atoms with van der Waals surface area (Å²) in [4.78, 5) is 4.70. The number of aromatic nitrogens is 1. The Hall–Kier alpha value is -1.19. The van der Waals surface area contributed by atoms with Crippen LogP contribution >= 0.6 is 11.3 Å². The molecule has 1 aromatic carbocycles. The predicted molar refractivity (Wildman–Crippen MR) is 72.1 cm³/mol. The third-order valence-electron chi connectivity index (χ3n) is 3.09. The van der Waals surface area contributed by atoms with E-state index < -0.39 is 0 Å². The Bertz CT molecular complexity index is 514. The van der Waals surface area contributed by atoms with Crippen LogP contribution in [0.15, 0.2) is 29.6 Å². The number of hydrogen-bond donors (Lipinski definition) is 1. The van der Waals surface area contributed by atoms with E-state index in [1.807, 2.05) is 0 Å². The largest absolute Gasteiger partial charge is 0.308 e. The van der Waals surface area contributed by atoms with Gasteiger partial charge in [0.05, 0.1) is 5.69 Å². The van der Waals surface area contributed by atoms with Crippen molar-refractivity contribution in [1.29, 1.82) is 0 Å². The number of benzene rings is 1. The van der Waals surface area contributed by atoms with Gasteiger partial charge in [0, 0.05) is 23.5 Å². The van der Waals surface area contributed by atoms with Gasteiger partial charge in [-0.1, -0.05) is 24.3 Å². The fourth-order valence-electron chi connectivity index (χ4n) is 1.90. The molecule has 0 radical (unpaired) electrons. The molecule has 3 rings (SSSR count). The first-order chi connectivity index (χ1) is 8.33. The number of hydrogen-bond acceptors (Lipinski definition) is 3. The standard InChI is InChI=1S/C14H16N2S/c1-10-4-2-3-5-12(10)13-9-17-14(16-13)8-15-11-6-7-11/h2-5,9,11,15H,6-8H2,1H3. The van der Waals surface area contributed by atoms with Gasteiger partial charge in [0.1, 0.15) is 5.01 Å². The molecular weight excluding hydrogens is 228 g/mol. The molecule has 0 aliphatic heterocycles. The van der Waals surface area contributed by atoms with Crippen molar-refractivity contribution < 1.29 is 0 Å². The van der Waals surface area contributed by atoms with Crippen molar-refractivity contribution in [1.82, 2.24) is 10.3 Å². The fourth-order valence-corrected chi connectivity index (χ4v) is 2.64. The summed E-state index contributed by atoms with van der Waals surface area (Å²) in [7, 11) is 0. The Labute approximate surface area is 106 Å². The molecule has 1 fully saturated rings. The minimum Gasteiger partial charge on any atom is -0.308 e. The van der Waals surface area contributed by atoms with Crippen molar-refractivity contribution in [2.24, 2.45) is 0 Å². The molecule has 1 heterocycles. The van der Waals surface area contributed by atoms with Crippen LogP contribution < -0.4 is 5.32 Å². The highest BCUT2D eigenvalue weighted by Crippen LogP contribution is 2.25. The maximum absolute atomic E-state index is 4.70. The summed E-state index contributed by atoms with van der Waals surface area (Å²) in [6.07, 6.45) is 2.66. The van der Waals surface area contributed by atoms with Gasteiger partial charge in [-0.05, 0) is 25.3 Å². The summed E-state index contributed by atoms with van der Waals surface area (Å²) < 4.78 is 0. The molecule has 1 aliphatic rings. The predicted octanol–water partition coefficient (Wildman–Crippen LogP) is 3.37. The highest BCUT2D eigenvalue weighted by atomic mass is 32.1. The van der Waals surface area contributed by atoms with Crippen LogP contribution in [0.25, 0.3) is 11.3 Å². The van der Waals surface area contributed by atoms with Gasteiger partial charge in [-0.3, -0.25) is 0 Å². The molecular formula is C14H16N2S. The van der Waals surface area contributed by atoms with Crippen molar-refractivity contribution in [3.8, 4) is 11.3 Å². The number of thiazole rings is 1. The van der Waals surface area contributed by atoms with Gasteiger partial charge in [0.25, 0.3) is 0 Å². The number of aryl methyl sites for hydroxylation is 1. The third kappa shape index (κ3) is 2.56. The second kappa shape index (κ2) is 4.59. The van der Waals surface area contributed by atoms with Gasteiger partial charge in [-0.25, -0.2) is 4.98 Å². The van der Waals surface area contributed by atoms with E-state index in [4.69, 9.17) is 4.98 Å². The van der Waals surface area contributed by atoms with Gasteiger partial charge in [0.15, 0.2) is 0 Å². The lowest BCUT2D eigenvalue weighted by atomic mass is 10.1.